The Bertz CT molecular complexity index is 541. The van der Waals surface area contributed by atoms with E-state index in [1.165, 1.54) is 6.20 Å². The van der Waals surface area contributed by atoms with Crippen LogP contribution >= 0.6 is 23.2 Å². The fourth-order valence-electron chi connectivity index (χ4n) is 1.49. The molecule has 1 aromatic carbocycles. The van der Waals surface area contributed by atoms with Gasteiger partial charge in [-0.3, -0.25) is 10.4 Å². The first kappa shape index (κ1) is 12.8. The molecule has 1 aliphatic heterocycles. The van der Waals surface area contributed by atoms with Gasteiger partial charge in [-0.15, -0.1) is 0 Å². The van der Waals surface area contributed by atoms with Gasteiger partial charge in [-0.1, -0.05) is 29.3 Å². The van der Waals surface area contributed by atoms with Crippen molar-refractivity contribution in [3.63, 3.8) is 0 Å². The second kappa shape index (κ2) is 5.33. The Morgan fingerprint density at radius 3 is 2.78 bits per heavy atom. The summed E-state index contributed by atoms with van der Waals surface area (Å²) in [6, 6.07) is 5.12. The number of rotatable bonds is 3. The van der Waals surface area contributed by atoms with Crippen molar-refractivity contribution in [1.82, 2.24) is 5.01 Å². The van der Waals surface area contributed by atoms with Gasteiger partial charge < -0.3 is 5.11 Å². The van der Waals surface area contributed by atoms with Gasteiger partial charge in [0.2, 0.25) is 0 Å². The summed E-state index contributed by atoms with van der Waals surface area (Å²) < 4.78 is 0. The quantitative estimate of drug-likeness (QED) is 0.895. The Morgan fingerprint density at radius 2 is 2.11 bits per heavy atom. The second-order valence-corrected chi connectivity index (χ2v) is 4.50. The maximum atomic E-state index is 10.8. The number of carboxylic acids is 1. The lowest BCUT2D eigenvalue weighted by molar-refractivity contribution is -0.132. The highest BCUT2D eigenvalue weighted by Gasteiger charge is 2.11. The van der Waals surface area contributed by atoms with Crippen LogP contribution in [-0.4, -0.2) is 22.6 Å². The van der Waals surface area contributed by atoms with Crippen LogP contribution in [0.25, 0.3) is 0 Å². The normalized spacial score (nSPS) is 14.3. The summed E-state index contributed by atoms with van der Waals surface area (Å²) in [6.07, 6.45) is 4.84. The molecule has 0 radical (unpaired) electrons. The van der Waals surface area contributed by atoms with Crippen molar-refractivity contribution in [2.24, 2.45) is 0 Å². The van der Waals surface area contributed by atoms with Crippen LogP contribution < -0.4 is 5.43 Å². The van der Waals surface area contributed by atoms with E-state index in [-0.39, 0.29) is 5.57 Å². The van der Waals surface area contributed by atoms with Crippen molar-refractivity contribution in [3.05, 3.63) is 52.2 Å². The van der Waals surface area contributed by atoms with Gasteiger partial charge in [-0.25, -0.2) is 4.79 Å². The van der Waals surface area contributed by atoms with E-state index in [0.29, 0.717) is 16.6 Å². The van der Waals surface area contributed by atoms with Crippen LogP contribution in [0.4, 0.5) is 5.69 Å². The van der Waals surface area contributed by atoms with E-state index >= 15 is 0 Å². The van der Waals surface area contributed by atoms with Gasteiger partial charge in [0, 0.05) is 6.20 Å². The van der Waals surface area contributed by atoms with Crippen molar-refractivity contribution in [3.8, 4) is 0 Å². The topological polar surface area (TPSA) is 52.6 Å². The first-order valence-electron chi connectivity index (χ1n) is 5.16. The summed E-state index contributed by atoms with van der Waals surface area (Å²) in [5.41, 5.74) is 3.99. The minimum atomic E-state index is -0.966. The van der Waals surface area contributed by atoms with Crippen LogP contribution in [0.2, 0.25) is 10.0 Å². The van der Waals surface area contributed by atoms with Crippen molar-refractivity contribution < 1.29 is 9.90 Å². The van der Waals surface area contributed by atoms with Crippen LogP contribution in [0.1, 0.15) is 0 Å². The SMILES string of the molecule is O=C(O)C1=CN(Nc2ccc(Cl)c(Cl)c2)CC=C1. The molecular formula is C12H10Cl2N2O2. The number of carbonyl (C=O) groups is 1. The van der Waals surface area contributed by atoms with Crippen molar-refractivity contribution in [2.75, 3.05) is 12.0 Å². The van der Waals surface area contributed by atoms with Crippen LogP contribution in [0.5, 0.6) is 0 Å². The molecule has 6 heteroatoms. The average Bonchev–Trinajstić information content (AvgIpc) is 2.34. The highest BCUT2D eigenvalue weighted by molar-refractivity contribution is 6.42. The van der Waals surface area contributed by atoms with E-state index in [9.17, 15) is 4.79 Å². The summed E-state index contributed by atoms with van der Waals surface area (Å²) in [5, 5.41) is 11.5. The zero-order chi connectivity index (χ0) is 13.1. The second-order valence-electron chi connectivity index (χ2n) is 3.69. The lowest BCUT2D eigenvalue weighted by atomic mass is 10.2. The summed E-state index contributed by atoms with van der Waals surface area (Å²) in [6.45, 7) is 0.566. The van der Waals surface area contributed by atoms with Gasteiger partial charge in [0.25, 0.3) is 0 Å². The molecule has 4 nitrogen and oxygen atoms in total. The molecule has 1 aliphatic rings. The van der Waals surface area contributed by atoms with Gasteiger partial charge in [-0.2, -0.15) is 0 Å². The standard InChI is InChI=1S/C12H10Cl2N2O2/c13-10-4-3-9(6-11(10)14)15-16-5-1-2-8(7-16)12(17)18/h1-4,6-7,15H,5H2,(H,17,18). The maximum absolute atomic E-state index is 10.8. The predicted molar refractivity (Wildman–Crippen MR) is 71.6 cm³/mol. The average molecular weight is 285 g/mol. The van der Waals surface area contributed by atoms with Gasteiger partial charge >= 0.3 is 5.97 Å². The molecule has 18 heavy (non-hydrogen) atoms. The largest absolute Gasteiger partial charge is 0.478 e. The Hall–Kier alpha value is -1.65. The van der Waals surface area contributed by atoms with Crippen LogP contribution in [0.15, 0.2) is 42.1 Å². The molecule has 0 aromatic heterocycles. The van der Waals surface area contributed by atoms with Gasteiger partial charge in [0.15, 0.2) is 0 Å². The summed E-state index contributed by atoms with van der Waals surface area (Å²) in [4.78, 5) is 10.8. The van der Waals surface area contributed by atoms with E-state index in [1.54, 1.807) is 35.4 Å². The monoisotopic (exact) mass is 284 g/mol. The molecule has 0 atom stereocenters. The highest BCUT2D eigenvalue weighted by atomic mass is 35.5. The lowest BCUT2D eigenvalue weighted by Gasteiger charge is -2.24. The zero-order valence-electron chi connectivity index (χ0n) is 9.23. The smallest absolute Gasteiger partial charge is 0.337 e. The maximum Gasteiger partial charge on any atom is 0.337 e. The van der Waals surface area contributed by atoms with E-state index in [0.717, 1.165) is 5.69 Å². The number of anilines is 1. The summed E-state index contributed by atoms with van der Waals surface area (Å²) in [5.74, 6) is -0.966. The molecule has 0 bridgehead atoms. The van der Waals surface area contributed by atoms with Crippen LogP contribution in [0.3, 0.4) is 0 Å². The van der Waals surface area contributed by atoms with Crippen molar-refractivity contribution >= 4 is 34.9 Å². The number of hydrogen-bond donors (Lipinski definition) is 2. The minimum absolute atomic E-state index is 0.216. The zero-order valence-corrected chi connectivity index (χ0v) is 10.7. The predicted octanol–water partition coefficient (Wildman–Crippen LogP) is 3.16. The molecule has 0 spiro atoms. The number of nitrogens with one attached hydrogen (secondary N) is 1. The van der Waals surface area contributed by atoms with Gasteiger partial charge in [0.05, 0.1) is 27.9 Å². The number of nitrogens with zero attached hydrogens (tertiary/aromatic N) is 1. The molecule has 0 saturated carbocycles. The van der Waals surface area contributed by atoms with E-state index < -0.39 is 5.97 Å². The number of hydrazine groups is 1. The Labute approximate surface area is 114 Å². The molecule has 1 heterocycles. The Kier molecular flexibility index (Phi) is 3.79. The number of halogens is 2. The van der Waals surface area contributed by atoms with Crippen LogP contribution in [0, 0.1) is 0 Å². The molecule has 2 rings (SSSR count). The minimum Gasteiger partial charge on any atom is -0.478 e. The fourth-order valence-corrected chi connectivity index (χ4v) is 1.79. The summed E-state index contributed by atoms with van der Waals surface area (Å²) in [7, 11) is 0. The fraction of sp³-hybridized carbons (Fsp3) is 0.0833. The van der Waals surface area contributed by atoms with Crippen molar-refractivity contribution in [2.45, 2.75) is 0 Å². The Balaban J connectivity index is 2.12. The molecule has 2 N–H and O–H groups in total. The first-order chi connectivity index (χ1) is 8.56. The molecule has 94 valence electrons. The lowest BCUT2D eigenvalue weighted by Crippen LogP contribution is -2.27. The van der Waals surface area contributed by atoms with Gasteiger partial charge in [-0.05, 0) is 24.3 Å². The van der Waals surface area contributed by atoms with Gasteiger partial charge in [0.1, 0.15) is 0 Å². The summed E-state index contributed by atoms with van der Waals surface area (Å²) >= 11 is 11.7. The number of benzene rings is 1. The Morgan fingerprint density at radius 1 is 1.33 bits per heavy atom. The number of carboxylic acid groups (broad SMARTS) is 1. The molecule has 0 saturated heterocycles. The molecule has 1 aromatic rings. The third-order valence-electron chi connectivity index (χ3n) is 2.33. The number of aliphatic carboxylic acids is 1. The highest BCUT2D eigenvalue weighted by Crippen LogP contribution is 2.25. The molecular weight excluding hydrogens is 275 g/mol. The number of hydrogen-bond acceptors (Lipinski definition) is 3. The van der Waals surface area contributed by atoms with E-state index in [1.807, 2.05) is 0 Å². The van der Waals surface area contributed by atoms with E-state index in [4.69, 9.17) is 28.3 Å². The molecule has 0 fully saturated rings. The molecule has 0 amide bonds. The third kappa shape index (κ3) is 2.97. The first-order valence-corrected chi connectivity index (χ1v) is 5.92. The van der Waals surface area contributed by atoms with E-state index in [2.05, 4.69) is 5.43 Å². The molecule has 0 aliphatic carbocycles. The van der Waals surface area contributed by atoms with Crippen molar-refractivity contribution in [1.29, 1.82) is 0 Å². The molecule has 0 unspecified atom stereocenters. The van der Waals surface area contributed by atoms with Crippen LogP contribution in [-0.2, 0) is 4.79 Å². The third-order valence-corrected chi connectivity index (χ3v) is 3.07.